The number of nitrogens with zero attached hydrogens (tertiary/aromatic N) is 2. The first-order chi connectivity index (χ1) is 15.0. The van der Waals surface area contributed by atoms with Crippen molar-refractivity contribution in [3.05, 3.63) is 92.2 Å². The van der Waals surface area contributed by atoms with Gasteiger partial charge in [-0.15, -0.1) is 11.3 Å². The number of amides is 1. The van der Waals surface area contributed by atoms with Crippen LogP contribution < -0.4 is 21.3 Å². The minimum absolute atomic E-state index is 0.153. The van der Waals surface area contributed by atoms with E-state index < -0.39 is 23.0 Å². The van der Waals surface area contributed by atoms with Crippen molar-refractivity contribution >= 4 is 27.5 Å². The van der Waals surface area contributed by atoms with E-state index in [1.54, 1.807) is 30.7 Å². The molecule has 0 aliphatic heterocycles. The summed E-state index contributed by atoms with van der Waals surface area (Å²) in [6.07, 6.45) is 0. The van der Waals surface area contributed by atoms with E-state index in [0.717, 1.165) is 21.5 Å². The molecule has 0 spiro atoms. The van der Waals surface area contributed by atoms with Crippen LogP contribution in [0.1, 0.15) is 5.56 Å². The summed E-state index contributed by atoms with van der Waals surface area (Å²) in [6, 6.07) is 14.3. The zero-order chi connectivity index (χ0) is 22.0. The van der Waals surface area contributed by atoms with Gasteiger partial charge in [-0.25, -0.2) is 13.8 Å². The zero-order valence-corrected chi connectivity index (χ0v) is 17.3. The second-order valence-electron chi connectivity index (χ2n) is 6.72. The molecule has 0 radical (unpaired) electrons. The van der Waals surface area contributed by atoms with Crippen LogP contribution >= 0.6 is 11.3 Å². The van der Waals surface area contributed by atoms with E-state index in [4.69, 9.17) is 4.74 Å². The van der Waals surface area contributed by atoms with Gasteiger partial charge < -0.3 is 10.1 Å². The number of methoxy groups -OCH3 is 1. The normalized spacial score (nSPS) is 10.9. The van der Waals surface area contributed by atoms with Gasteiger partial charge in [0.2, 0.25) is 5.91 Å². The summed E-state index contributed by atoms with van der Waals surface area (Å²) in [6.45, 7) is -0.0474. The molecule has 1 N–H and O–H groups in total. The molecule has 4 rings (SSSR count). The van der Waals surface area contributed by atoms with Crippen LogP contribution in [0.2, 0.25) is 0 Å². The van der Waals surface area contributed by atoms with Crippen LogP contribution in [0.3, 0.4) is 0 Å². The third-order valence-corrected chi connectivity index (χ3v) is 5.69. The van der Waals surface area contributed by atoms with Gasteiger partial charge in [0.1, 0.15) is 22.8 Å². The molecule has 0 atom stereocenters. The van der Waals surface area contributed by atoms with E-state index in [2.05, 4.69) is 5.32 Å². The van der Waals surface area contributed by atoms with Gasteiger partial charge in [0, 0.05) is 6.54 Å². The van der Waals surface area contributed by atoms with Crippen molar-refractivity contribution in [2.24, 2.45) is 0 Å². The number of fused-ring (bicyclic) bond motifs is 1. The average Bonchev–Trinajstić information content (AvgIpc) is 3.27. The number of hydrogen-bond donors (Lipinski definition) is 1. The number of carbonyl (C=O) groups is 1. The fraction of sp³-hybridized carbons (Fsp3) is 0.136. The fourth-order valence-electron chi connectivity index (χ4n) is 3.23. The quantitative estimate of drug-likeness (QED) is 0.501. The van der Waals surface area contributed by atoms with Gasteiger partial charge in [0.25, 0.3) is 5.56 Å². The molecule has 31 heavy (non-hydrogen) atoms. The second kappa shape index (κ2) is 8.57. The molecule has 0 unspecified atom stereocenters. The highest BCUT2D eigenvalue weighted by atomic mass is 32.1. The van der Waals surface area contributed by atoms with Crippen molar-refractivity contribution in [3.8, 4) is 11.4 Å². The molecule has 0 aliphatic carbocycles. The maximum absolute atomic E-state index is 14.3. The lowest BCUT2D eigenvalue weighted by molar-refractivity contribution is -0.121. The molecule has 0 saturated heterocycles. The zero-order valence-electron chi connectivity index (χ0n) is 16.5. The summed E-state index contributed by atoms with van der Waals surface area (Å²) in [7, 11) is 1.57. The van der Waals surface area contributed by atoms with Crippen molar-refractivity contribution in [2.75, 3.05) is 7.11 Å². The molecule has 0 saturated carbocycles. The van der Waals surface area contributed by atoms with Crippen LogP contribution in [0, 0.1) is 5.82 Å². The maximum atomic E-state index is 14.3. The molecule has 0 fully saturated rings. The number of thiophene rings is 1. The molecule has 158 valence electrons. The van der Waals surface area contributed by atoms with Gasteiger partial charge in [-0.1, -0.05) is 24.3 Å². The van der Waals surface area contributed by atoms with Gasteiger partial charge in [0.05, 0.1) is 18.3 Å². The van der Waals surface area contributed by atoms with E-state index in [9.17, 15) is 18.8 Å². The van der Waals surface area contributed by atoms with Crippen LogP contribution in [0.4, 0.5) is 4.39 Å². The van der Waals surface area contributed by atoms with Crippen molar-refractivity contribution in [3.63, 3.8) is 0 Å². The largest absolute Gasteiger partial charge is 0.497 e. The Balaban J connectivity index is 1.66. The summed E-state index contributed by atoms with van der Waals surface area (Å²) >= 11 is 1.13. The Morgan fingerprint density at radius 3 is 2.55 bits per heavy atom. The van der Waals surface area contributed by atoms with Gasteiger partial charge in [-0.2, -0.15) is 0 Å². The van der Waals surface area contributed by atoms with Crippen LogP contribution in [-0.2, 0) is 17.9 Å². The number of carbonyl (C=O) groups excluding carboxylic acids is 1. The number of aromatic nitrogens is 2. The van der Waals surface area contributed by atoms with E-state index in [-0.39, 0.29) is 23.5 Å². The van der Waals surface area contributed by atoms with Gasteiger partial charge in [-0.3, -0.25) is 14.2 Å². The summed E-state index contributed by atoms with van der Waals surface area (Å²) in [5, 5.41) is 4.41. The third kappa shape index (κ3) is 3.99. The molecular weight excluding hydrogens is 421 g/mol. The number of para-hydroxylation sites is 1. The van der Waals surface area contributed by atoms with E-state index in [0.29, 0.717) is 11.3 Å². The predicted molar refractivity (Wildman–Crippen MR) is 116 cm³/mol. The van der Waals surface area contributed by atoms with Crippen molar-refractivity contribution in [1.82, 2.24) is 14.5 Å². The van der Waals surface area contributed by atoms with Crippen molar-refractivity contribution in [2.45, 2.75) is 13.1 Å². The molecule has 2 aromatic heterocycles. The summed E-state index contributed by atoms with van der Waals surface area (Å²) < 4.78 is 21.7. The Hall–Kier alpha value is -3.72. The van der Waals surface area contributed by atoms with Gasteiger partial charge >= 0.3 is 5.69 Å². The lowest BCUT2D eigenvalue weighted by Crippen LogP contribution is -2.41. The highest BCUT2D eigenvalue weighted by Crippen LogP contribution is 2.17. The molecule has 7 nitrogen and oxygen atoms in total. The Bertz CT molecular complexity index is 1370. The minimum Gasteiger partial charge on any atom is -0.497 e. The molecule has 1 amide bonds. The standard InChI is InChI=1S/C22H18FN3O4S/c1-30-15-8-6-14(7-9-15)12-24-19(27)13-25-18-10-11-31-20(18)21(28)26(22(25)29)17-5-3-2-4-16(17)23/h2-11H,12-13H2,1H3,(H,24,27). The Morgan fingerprint density at radius 1 is 1.10 bits per heavy atom. The van der Waals surface area contributed by atoms with Crippen molar-refractivity contribution < 1.29 is 13.9 Å². The number of rotatable bonds is 6. The minimum atomic E-state index is -0.777. The first-order valence-electron chi connectivity index (χ1n) is 9.37. The number of benzene rings is 2. The van der Waals surface area contributed by atoms with E-state index in [1.165, 1.54) is 28.8 Å². The molecule has 9 heteroatoms. The van der Waals surface area contributed by atoms with Crippen LogP contribution in [0.25, 0.3) is 15.9 Å². The Labute approximate surface area is 180 Å². The maximum Gasteiger partial charge on any atom is 0.336 e. The second-order valence-corrected chi connectivity index (χ2v) is 7.64. The first kappa shape index (κ1) is 20.5. The fourth-order valence-corrected chi connectivity index (χ4v) is 4.05. The smallest absolute Gasteiger partial charge is 0.336 e. The van der Waals surface area contributed by atoms with Crippen LogP contribution in [-0.4, -0.2) is 22.2 Å². The third-order valence-electron chi connectivity index (χ3n) is 4.80. The molecule has 2 aromatic carbocycles. The monoisotopic (exact) mass is 439 g/mol. The van der Waals surface area contributed by atoms with Crippen LogP contribution in [0.15, 0.2) is 69.6 Å². The van der Waals surface area contributed by atoms with Crippen molar-refractivity contribution in [1.29, 1.82) is 0 Å². The number of hydrogen-bond acceptors (Lipinski definition) is 5. The summed E-state index contributed by atoms with van der Waals surface area (Å²) in [4.78, 5) is 38.5. The average molecular weight is 439 g/mol. The molecule has 0 aliphatic rings. The van der Waals surface area contributed by atoms with Crippen LogP contribution in [0.5, 0.6) is 5.75 Å². The first-order valence-corrected chi connectivity index (χ1v) is 10.2. The lowest BCUT2D eigenvalue weighted by atomic mass is 10.2. The van der Waals surface area contributed by atoms with Gasteiger partial charge in [-0.05, 0) is 41.3 Å². The predicted octanol–water partition coefficient (Wildman–Crippen LogP) is 2.68. The Kier molecular flexibility index (Phi) is 5.68. The molecule has 4 aromatic rings. The topological polar surface area (TPSA) is 82.3 Å². The van der Waals surface area contributed by atoms with E-state index in [1.807, 2.05) is 12.1 Å². The highest BCUT2D eigenvalue weighted by molar-refractivity contribution is 7.17. The SMILES string of the molecule is COc1ccc(CNC(=O)Cn2c(=O)n(-c3ccccc3F)c(=O)c3sccc32)cc1. The lowest BCUT2D eigenvalue weighted by Gasteiger charge is -2.13. The van der Waals surface area contributed by atoms with E-state index >= 15 is 0 Å². The summed E-state index contributed by atoms with van der Waals surface area (Å²) in [5.41, 5.74) is -0.346. The molecule has 2 heterocycles. The number of ether oxygens (including phenoxy) is 1. The summed E-state index contributed by atoms with van der Waals surface area (Å²) in [5.74, 6) is -0.408. The molecular formula is C22H18FN3O4S. The van der Waals surface area contributed by atoms with Gasteiger partial charge in [0.15, 0.2) is 0 Å². The Morgan fingerprint density at radius 2 is 1.84 bits per heavy atom. The number of nitrogens with one attached hydrogen (secondary N) is 1. The molecule has 0 bridgehead atoms. The number of halogens is 1. The highest BCUT2D eigenvalue weighted by Gasteiger charge is 2.19.